The van der Waals surface area contributed by atoms with Crippen molar-refractivity contribution < 1.29 is 9.32 Å². The Morgan fingerprint density at radius 1 is 1.33 bits per heavy atom. The molecule has 2 aliphatic rings. The molecule has 1 saturated heterocycles. The summed E-state index contributed by atoms with van der Waals surface area (Å²) in [4.78, 5) is 24.2. The predicted octanol–water partition coefficient (Wildman–Crippen LogP) is 3.15. The zero-order valence-electron chi connectivity index (χ0n) is 17.4. The number of carbonyl (C=O) groups is 1. The molecule has 0 aromatic carbocycles. The van der Waals surface area contributed by atoms with Crippen LogP contribution in [0.15, 0.2) is 35.0 Å². The Hall–Kier alpha value is -3.03. The van der Waals surface area contributed by atoms with Crippen LogP contribution in [0.4, 0.5) is 0 Å². The van der Waals surface area contributed by atoms with Crippen molar-refractivity contribution in [2.75, 3.05) is 13.1 Å². The molecule has 1 aliphatic carbocycles. The summed E-state index contributed by atoms with van der Waals surface area (Å²) in [6.07, 6.45) is 7.04. The summed E-state index contributed by atoms with van der Waals surface area (Å²) in [7, 11) is 1.86. The molecule has 0 spiro atoms. The van der Waals surface area contributed by atoms with Crippen LogP contribution in [0.25, 0.3) is 11.6 Å². The Bertz CT molecular complexity index is 1040. The fourth-order valence-corrected chi connectivity index (χ4v) is 4.48. The van der Waals surface area contributed by atoms with Crippen molar-refractivity contribution in [3.63, 3.8) is 0 Å². The van der Waals surface area contributed by atoms with E-state index in [4.69, 9.17) is 9.51 Å². The zero-order valence-corrected chi connectivity index (χ0v) is 17.4. The van der Waals surface area contributed by atoms with Crippen molar-refractivity contribution in [3.8, 4) is 11.6 Å². The Labute approximate surface area is 175 Å². The highest BCUT2D eigenvalue weighted by Crippen LogP contribution is 2.46. The highest BCUT2D eigenvalue weighted by atomic mass is 16.5. The maximum absolute atomic E-state index is 13.2. The molecule has 1 saturated carbocycles. The van der Waals surface area contributed by atoms with Crippen molar-refractivity contribution in [2.24, 2.45) is 13.0 Å². The molecular formula is C22H26N6O2. The van der Waals surface area contributed by atoms with Gasteiger partial charge in [0.2, 0.25) is 0 Å². The number of rotatable bonds is 5. The topological polar surface area (TPSA) is 89.9 Å². The van der Waals surface area contributed by atoms with E-state index in [0.717, 1.165) is 31.5 Å². The number of carbonyl (C=O) groups excluding carboxylic acids is 1. The van der Waals surface area contributed by atoms with E-state index in [9.17, 15) is 4.79 Å². The molecule has 4 heterocycles. The van der Waals surface area contributed by atoms with Crippen molar-refractivity contribution >= 4 is 5.91 Å². The lowest BCUT2D eigenvalue weighted by atomic mass is 9.74. The highest BCUT2D eigenvalue weighted by Gasteiger charge is 2.46. The molecule has 2 fully saturated rings. The van der Waals surface area contributed by atoms with Crippen molar-refractivity contribution in [2.45, 2.75) is 44.4 Å². The van der Waals surface area contributed by atoms with Gasteiger partial charge in [0.25, 0.3) is 11.8 Å². The third-order valence-corrected chi connectivity index (χ3v) is 6.36. The van der Waals surface area contributed by atoms with Gasteiger partial charge < -0.3 is 9.42 Å². The Morgan fingerprint density at radius 2 is 2.20 bits per heavy atom. The predicted molar refractivity (Wildman–Crippen MR) is 110 cm³/mol. The molecule has 8 nitrogen and oxygen atoms in total. The van der Waals surface area contributed by atoms with Crippen LogP contribution in [0.5, 0.6) is 0 Å². The van der Waals surface area contributed by atoms with Gasteiger partial charge in [0.1, 0.15) is 5.69 Å². The summed E-state index contributed by atoms with van der Waals surface area (Å²) in [5.41, 5.74) is 1.86. The van der Waals surface area contributed by atoms with Gasteiger partial charge in [-0.3, -0.25) is 14.5 Å². The molecule has 30 heavy (non-hydrogen) atoms. The Balaban J connectivity index is 1.45. The van der Waals surface area contributed by atoms with Gasteiger partial charge in [-0.15, -0.1) is 0 Å². The minimum atomic E-state index is -0.282. The van der Waals surface area contributed by atoms with E-state index in [1.54, 1.807) is 10.9 Å². The van der Waals surface area contributed by atoms with Gasteiger partial charge in [0.05, 0.1) is 5.41 Å². The minimum Gasteiger partial charge on any atom is -0.336 e. The number of likely N-dealkylation sites (tertiary alicyclic amines) is 1. The summed E-state index contributed by atoms with van der Waals surface area (Å²) in [6, 6.07) is 7.49. The molecule has 1 unspecified atom stereocenters. The molecule has 3 aromatic rings. The maximum atomic E-state index is 13.2. The maximum Gasteiger partial charge on any atom is 0.276 e. The number of nitrogens with zero attached hydrogens (tertiary/aromatic N) is 6. The monoisotopic (exact) mass is 406 g/mol. The molecule has 156 valence electrons. The van der Waals surface area contributed by atoms with E-state index in [1.807, 2.05) is 43.1 Å². The lowest BCUT2D eigenvalue weighted by Gasteiger charge is -2.41. The second-order valence-electron chi connectivity index (χ2n) is 8.69. The van der Waals surface area contributed by atoms with E-state index in [0.29, 0.717) is 35.6 Å². The molecule has 1 aliphatic heterocycles. The van der Waals surface area contributed by atoms with Crippen LogP contribution in [0.3, 0.4) is 0 Å². The number of piperidine rings is 1. The largest absolute Gasteiger partial charge is 0.336 e. The molecule has 5 rings (SSSR count). The number of pyridine rings is 1. The third kappa shape index (κ3) is 3.51. The Kier molecular flexibility index (Phi) is 4.64. The lowest BCUT2D eigenvalue weighted by Crippen LogP contribution is -2.49. The van der Waals surface area contributed by atoms with Crippen molar-refractivity contribution in [3.05, 3.63) is 47.7 Å². The average Bonchev–Trinajstić information content (AvgIpc) is 3.30. The number of hydrogen-bond acceptors (Lipinski definition) is 6. The number of hydrogen-bond donors (Lipinski definition) is 0. The quantitative estimate of drug-likeness (QED) is 0.647. The second kappa shape index (κ2) is 7.34. The molecule has 0 N–H and O–H groups in total. The van der Waals surface area contributed by atoms with Crippen LogP contribution < -0.4 is 0 Å². The summed E-state index contributed by atoms with van der Waals surface area (Å²) in [6.45, 7) is 3.28. The summed E-state index contributed by atoms with van der Waals surface area (Å²) >= 11 is 0. The van der Waals surface area contributed by atoms with Gasteiger partial charge in [0.15, 0.2) is 11.5 Å². The lowest BCUT2D eigenvalue weighted by molar-refractivity contribution is 0.0600. The minimum absolute atomic E-state index is 0.0213. The SMILES string of the molecule is Cc1cc(C(=O)N2CCCC(CC3CC3)(c3noc(-c4ccccn4)n3)C2)nn1C. The first-order chi connectivity index (χ1) is 14.5. The molecule has 0 bridgehead atoms. The van der Waals surface area contributed by atoms with Crippen LogP contribution in [0.1, 0.15) is 54.1 Å². The van der Waals surface area contributed by atoms with E-state index >= 15 is 0 Å². The number of aromatic nitrogens is 5. The van der Waals surface area contributed by atoms with Crippen LogP contribution in [-0.2, 0) is 12.5 Å². The van der Waals surface area contributed by atoms with E-state index in [1.165, 1.54) is 12.8 Å². The summed E-state index contributed by atoms with van der Waals surface area (Å²) in [5.74, 6) is 1.79. The van der Waals surface area contributed by atoms with Crippen LogP contribution >= 0.6 is 0 Å². The molecule has 3 aromatic heterocycles. The van der Waals surface area contributed by atoms with E-state index in [2.05, 4.69) is 15.2 Å². The van der Waals surface area contributed by atoms with Gasteiger partial charge in [-0.2, -0.15) is 10.1 Å². The molecule has 1 atom stereocenters. The smallest absolute Gasteiger partial charge is 0.276 e. The standard InChI is InChI=1S/C22H26N6O2/c1-15-12-18(25-27(15)2)20(29)28-11-5-9-22(14-28,13-16-7-8-16)21-24-19(30-26-21)17-6-3-4-10-23-17/h3-4,6,10,12,16H,5,7-9,11,13-14H2,1-2H3. The van der Waals surface area contributed by atoms with Gasteiger partial charge >= 0.3 is 0 Å². The number of amides is 1. The van der Waals surface area contributed by atoms with Gasteiger partial charge in [-0.25, -0.2) is 0 Å². The average molecular weight is 406 g/mol. The summed E-state index contributed by atoms with van der Waals surface area (Å²) in [5, 5.41) is 8.76. The normalized spacial score (nSPS) is 21.7. The van der Waals surface area contributed by atoms with Gasteiger partial charge in [-0.05, 0) is 50.3 Å². The fourth-order valence-electron chi connectivity index (χ4n) is 4.48. The van der Waals surface area contributed by atoms with Crippen molar-refractivity contribution in [1.82, 2.24) is 29.8 Å². The summed E-state index contributed by atoms with van der Waals surface area (Å²) < 4.78 is 7.33. The third-order valence-electron chi connectivity index (χ3n) is 6.36. The van der Waals surface area contributed by atoms with Crippen LogP contribution in [0.2, 0.25) is 0 Å². The highest BCUT2D eigenvalue weighted by molar-refractivity contribution is 5.92. The van der Waals surface area contributed by atoms with Gasteiger partial charge in [0, 0.05) is 32.0 Å². The van der Waals surface area contributed by atoms with Gasteiger partial charge in [-0.1, -0.05) is 24.1 Å². The molecule has 1 amide bonds. The van der Waals surface area contributed by atoms with Crippen LogP contribution in [-0.4, -0.2) is 48.8 Å². The van der Waals surface area contributed by atoms with E-state index < -0.39 is 0 Å². The number of aryl methyl sites for hydroxylation is 2. The first-order valence-corrected chi connectivity index (χ1v) is 10.6. The second-order valence-corrected chi connectivity index (χ2v) is 8.69. The van der Waals surface area contributed by atoms with Crippen LogP contribution in [0, 0.1) is 12.8 Å². The van der Waals surface area contributed by atoms with E-state index in [-0.39, 0.29) is 11.3 Å². The van der Waals surface area contributed by atoms with Crippen molar-refractivity contribution in [1.29, 1.82) is 0 Å². The molecule has 0 radical (unpaired) electrons. The zero-order chi connectivity index (χ0) is 20.7. The molecule has 8 heteroatoms. The fraction of sp³-hybridized carbons (Fsp3) is 0.500. The Morgan fingerprint density at radius 3 is 2.90 bits per heavy atom. The first-order valence-electron chi connectivity index (χ1n) is 10.6. The molecular weight excluding hydrogens is 380 g/mol. The first kappa shape index (κ1) is 19.0.